The summed E-state index contributed by atoms with van der Waals surface area (Å²) in [6.45, 7) is 2.52. The molecule has 1 heterocycles. The molecular formula is C11H11FN2. The second kappa shape index (κ2) is 3.62. The Kier molecular flexibility index (Phi) is 2.31. The van der Waals surface area contributed by atoms with Crippen LogP contribution in [-0.2, 0) is 0 Å². The molecule has 2 rings (SSSR count). The molecule has 0 radical (unpaired) electrons. The van der Waals surface area contributed by atoms with Gasteiger partial charge in [0.25, 0.3) is 0 Å². The minimum atomic E-state index is -0.176. The number of rotatable bonds is 1. The zero-order valence-electron chi connectivity index (χ0n) is 7.94. The predicted molar refractivity (Wildman–Crippen MR) is 56.1 cm³/mol. The quantitative estimate of drug-likeness (QED) is 0.664. The van der Waals surface area contributed by atoms with E-state index in [2.05, 4.69) is 4.99 Å². The number of anilines is 1. The maximum absolute atomic E-state index is 13.2. The lowest BCUT2D eigenvalue weighted by Gasteiger charge is -2.21. The largest absolute Gasteiger partial charge is 0.328 e. The van der Waals surface area contributed by atoms with Crippen LogP contribution in [0.15, 0.2) is 35.5 Å². The van der Waals surface area contributed by atoms with Crippen molar-refractivity contribution in [1.82, 2.24) is 0 Å². The molecule has 0 unspecified atom stereocenters. The maximum Gasteiger partial charge on any atom is 0.128 e. The molecule has 0 bridgehead atoms. The van der Waals surface area contributed by atoms with Gasteiger partial charge in [-0.05, 0) is 25.1 Å². The molecule has 1 aliphatic heterocycles. The SMILES string of the molecule is Cc1c(F)cccc1N1C=NC=CC1. The number of halogens is 1. The first-order valence-corrected chi connectivity index (χ1v) is 4.49. The van der Waals surface area contributed by atoms with Crippen LogP contribution in [0.5, 0.6) is 0 Å². The number of benzene rings is 1. The van der Waals surface area contributed by atoms with Gasteiger partial charge in [0, 0.05) is 24.0 Å². The van der Waals surface area contributed by atoms with E-state index in [1.807, 2.05) is 17.0 Å². The summed E-state index contributed by atoms with van der Waals surface area (Å²) in [7, 11) is 0. The normalized spacial score (nSPS) is 14.9. The summed E-state index contributed by atoms with van der Waals surface area (Å²) < 4.78 is 13.2. The summed E-state index contributed by atoms with van der Waals surface area (Å²) in [5, 5.41) is 0. The van der Waals surface area contributed by atoms with Gasteiger partial charge in [0.1, 0.15) is 5.82 Å². The zero-order valence-corrected chi connectivity index (χ0v) is 7.94. The van der Waals surface area contributed by atoms with E-state index in [0.29, 0.717) is 5.56 Å². The van der Waals surface area contributed by atoms with Crippen LogP contribution in [0.2, 0.25) is 0 Å². The Balaban J connectivity index is 2.36. The average Bonchev–Trinajstić information content (AvgIpc) is 2.23. The molecule has 0 aliphatic carbocycles. The van der Waals surface area contributed by atoms with Crippen LogP contribution >= 0.6 is 0 Å². The molecule has 0 amide bonds. The molecule has 1 aromatic carbocycles. The molecule has 0 aromatic heterocycles. The van der Waals surface area contributed by atoms with Crippen LogP contribution in [0.3, 0.4) is 0 Å². The predicted octanol–water partition coefficient (Wildman–Crippen LogP) is 2.50. The van der Waals surface area contributed by atoms with E-state index in [1.165, 1.54) is 6.07 Å². The summed E-state index contributed by atoms with van der Waals surface area (Å²) in [6.07, 6.45) is 5.39. The molecule has 72 valence electrons. The lowest BCUT2D eigenvalue weighted by Crippen LogP contribution is -2.23. The van der Waals surface area contributed by atoms with Crippen LogP contribution in [0.25, 0.3) is 0 Å². The first-order valence-electron chi connectivity index (χ1n) is 4.49. The third-order valence-electron chi connectivity index (χ3n) is 2.25. The lowest BCUT2D eigenvalue weighted by atomic mass is 10.1. The standard InChI is InChI=1S/C11H11FN2/c1-9-10(12)4-2-5-11(9)14-7-3-6-13-8-14/h2-6,8H,7H2,1H3. The molecule has 14 heavy (non-hydrogen) atoms. The van der Waals surface area contributed by atoms with Gasteiger partial charge in [-0.3, -0.25) is 0 Å². The molecule has 0 spiro atoms. The Hall–Kier alpha value is -1.64. The van der Waals surface area contributed by atoms with E-state index in [-0.39, 0.29) is 5.82 Å². The first kappa shape index (κ1) is 8.94. The van der Waals surface area contributed by atoms with E-state index in [0.717, 1.165) is 12.2 Å². The fourth-order valence-electron chi connectivity index (χ4n) is 1.46. The molecule has 3 heteroatoms. The van der Waals surface area contributed by atoms with Crippen LogP contribution in [0, 0.1) is 12.7 Å². The Morgan fingerprint density at radius 3 is 3.00 bits per heavy atom. The average molecular weight is 190 g/mol. The number of nitrogens with zero attached hydrogens (tertiary/aromatic N) is 2. The molecule has 0 atom stereocenters. The topological polar surface area (TPSA) is 15.6 Å². The van der Waals surface area contributed by atoms with Gasteiger partial charge in [-0.25, -0.2) is 9.38 Å². The summed E-state index contributed by atoms with van der Waals surface area (Å²) >= 11 is 0. The van der Waals surface area contributed by atoms with Crippen LogP contribution < -0.4 is 4.90 Å². The van der Waals surface area contributed by atoms with Gasteiger partial charge in [-0.2, -0.15) is 0 Å². The Morgan fingerprint density at radius 1 is 1.43 bits per heavy atom. The number of aliphatic imine (C=N–C) groups is 1. The van der Waals surface area contributed by atoms with Crippen molar-refractivity contribution in [2.24, 2.45) is 4.99 Å². The van der Waals surface area contributed by atoms with Crippen molar-refractivity contribution in [3.8, 4) is 0 Å². The Morgan fingerprint density at radius 2 is 2.29 bits per heavy atom. The highest BCUT2D eigenvalue weighted by Gasteiger charge is 2.09. The highest BCUT2D eigenvalue weighted by Crippen LogP contribution is 2.21. The van der Waals surface area contributed by atoms with Gasteiger partial charge in [0.15, 0.2) is 0 Å². The zero-order chi connectivity index (χ0) is 9.97. The van der Waals surface area contributed by atoms with Crippen LogP contribution in [0.1, 0.15) is 5.56 Å². The lowest BCUT2D eigenvalue weighted by molar-refractivity contribution is 0.618. The van der Waals surface area contributed by atoms with E-state index in [4.69, 9.17) is 0 Å². The van der Waals surface area contributed by atoms with Crippen molar-refractivity contribution >= 4 is 12.0 Å². The molecule has 0 saturated heterocycles. The van der Waals surface area contributed by atoms with Crippen LogP contribution in [-0.4, -0.2) is 12.9 Å². The van der Waals surface area contributed by atoms with Crippen molar-refractivity contribution in [3.63, 3.8) is 0 Å². The second-order valence-electron chi connectivity index (χ2n) is 3.19. The molecule has 0 saturated carbocycles. The molecule has 1 aromatic rings. The van der Waals surface area contributed by atoms with Crippen molar-refractivity contribution < 1.29 is 4.39 Å². The summed E-state index contributed by atoms with van der Waals surface area (Å²) in [6, 6.07) is 5.07. The summed E-state index contributed by atoms with van der Waals surface area (Å²) in [5.41, 5.74) is 1.53. The molecule has 0 N–H and O–H groups in total. The minimum absolute atomic E-state index is 0.176. The molecule has 0 fully saturated rings. The highest BCUT2D eigenvalue weighted by molar-refractivity contribution is 5.82. The first-order chi connectivity index (χ1) is 6.79. The smallest absolute Gasteiger partial charge is 0.128 e. The van der Waals surface area contributed by atoms with Crippen molar-refractivity contribution in [3.05, 3.63) is 41.9 Å². The Labute approximate surface area is 82.4 Å². The number of hydrogen-bond acceptors (Lipinski definition) is 2. The third-order valence-corrected chi connectivity index (χ3v) is 2.25. The molecular weight excluding hydrogens is 179 g/mol. The van der Waals surface area contributed by atoms with Crippen molar-refractivity contribution in [2.45, 2.75) is 6.92 Å². The van der Waals surface area contributed by atoms with Gasteiger partial charge >= 0.3 is 0 Å². The maximum atomic E-state index is 13.2. The van der Waals surface area contributed by atoms with Crippen molar-refractivity contribution in [1.29, 1.82) is 0 Å². The van der Waals surface area contributed by atoms with E-state index in [1.54, 1.807) is 25.5 Å². The van der Waals surface area contributed by atoms with Crippen molar-refractivity contribution in [2.75, 3.05) is 11.4 Å². The highest BCUT2D eigenvalue weighted by atomic mass is 19.1. The van der Waals surface area contributed by atoms with Gasteiger partial charge < -0.3 is 4.90 Å². The third kappa shape index (κ3) is 1.53. The fraction of sp³-hybridized carbons (Fsp3) is 0.182. The summed E-state index contributed by atoms with van der Waals surface area (Å²) in [5.74, 6) is -0.176. The second-order valence-corrected chi connectivity index (χ2v) is 3.19. The van der Waals surface area contributed by atoms with Gasteiger partial charge in [-0.1, -0.05) is 6.07 Å². The van der Waals surface area contributed by atoms with E-state index in [9.17, 15) is 4.39 Å². The van der Waals surface area contributed by atoms with E-state index < -0.39 is 0 Å². The summed E-state index contributed by atoms with van der Waals surface area (Å²) in [4.78, 5) is 5.92. The molecule has 1 aliphatic rings. The monoisotopic (exact) mass is 190 g/mol. The van der Waals surface area contributed by atoms with Crippen LogP contribution in [0.4, 0.5) is 10.1 Å². The fourth-order valence-corrected chi connectivity index (χ4v) is 1.46. The van der Waals surface area contributed by atoms with Gasteiger partial charge in [0.05, 0.1) is 6.34 Å². The van der Waals surface area contributed by atoms with E-state index >= 15 is 0 Å². The van der Waals surface area contributed by atoms with Gasteiger partial charge in [-0.15, -0.1) is 0 Å². The van der Waals surface area contributed by atoms with Gasteiger partial charge in [0.2, 0.25) is 0 Å². The number of hydrogen-bond donors (Lipinski definition) is 0. The molecule has 2 nitrogen and oxygen atoms in total. The Bertz CT molecular complexity index is 396. The minimum Gasteiger partial charge on any atom is -0.328 e.